The standard InChI is InChI=1S/C15H21Cl2NO3/c1-3-5-10(2)15(20)18-8-11(19)9-21-13-7-4-6-12(16)14(13)17/h4,6-7,10-11,19H,3,5,8-9H2,1-2H3,(H,18,20). The van der Waals surface area contributed by atoms with Crippen molar-refractivity contribution in [2.45, 2.75) is 32.8 Å². The molecule has 0 saturated heterocycles. The smallest absolute Gasteiger partial charge is 0.222 e. The first-order valence-electron chi connectivity index (χ1n) is 6.98. The highest BCUT2D eigenvalue weighted by molar-refractivity contribution is 6.42. The van der Waals surface area contributed by atoms with Gasteiger partial charge in [-0.25, -0.2) is 0 Å². The Bertz CT molecular complexity index is 468. The molecule has 0 aliphatic rings. The van der Waals surface area contributed by atoms with Gasteiger partial charge in [0.25, 0.3) is 0 Å². The average molecular weight is 334 g/mol. The van der Waals surface area contributed by atoms with Gasteiger partial charge in [-0.05, 0) is 18.6 Å². The number of ether oxygens (including phenoxy) is 1. The van der Waals surface area contributed by atoms with E-state index in [9.17, 15) is 9.90 Å². The molecule has 0 saturated carbocycles. The zero-order valence-corrected chi connectivity index (χ0v) is 13.7. The van der Waals surface area contributed by atoms with E-state index in [1.807, 2.05) is 13.8 Å². The number of carbonyl (C=O) groups excluding carboxylic acids is 1. The third-order valence-corrected chi connectivity index (χ3v) is 3.83. The van der Waals surface area contributed by atoms with Crippen molar-refractivity contribution in [2.24, 2.45) is 5.92 Å². The van der Waals surface area contributed by atoms with Crippen LogP contribution >= 0.6 is 23.2 Å². The molecule has 6 heteroatoms. The Morgan fingerprint density at radius 3 is 2.81 bits per heavy atom. The number of hydrogen-bond donors (Lipinski definition) is 2. The molecule has 2 atom stereocenters. The SMILES string of the molecule is CCCC(C)C(=O)NCC(O)COc1cccc(Cl)c1Cl. The van der Waals surface area contributed by atoms with Gasteiger partial charge in [-0.1, -0.05) is 49.5 Å². The normalized spacial score (nSPS) is 13.6. The quantitative estimate of drug-likeness (QED) is 0.767. The molecule has 21 heavy (non-hydrogen) atoms. The molecular weight excluding hydrogens is 313 g/mol. The summed E-state index contributed by atoms with van der Waals surface area (Å²) in [6.45, 7) is 4.07. The van der Waals surface area contributed by atoms with Gasteiger partial charge in [-0.15, -0.1) is 0 Å². The number of benzene rings is 1. The Morgan fingerprint density at radius 2 is 2.14 bits per heavy atom. The summed E-state index contributed by atoms with van der Waals surface area (Å²) in [7, 11) is 0. The Kier molecular flexibility index (Phi) is 7.86. The molecule has 118 valence electrons. The van der Waals surface area contributed by atoms with Crippen molar-refractivity contribution in [3.63, 3.8) is 0 Å². The predicted molar refractivity (Wildman–Crippen MR) is 85.0 cm³/mol. The number of aliphatic hydroxyl groups excluding tert-OH is 1. The summed E-state index contributed by atoms with van der Waals surface area (Å²) >= 11 is 11.8. The number of rotatable bonds is 8. The van der Waals surface area contributed by atoms with Gasteiger partial charge in [0.05, 0.1) is 5.02 Å². The molecule has 1 rings (SSSR count). The fourth-order valence-corrected chi connectivity index (χ4v) is 2.14. The summed E-state index contributed by atoms with van der Waals surface area (Å²) in [5, 5.41) is 13.2. The summed E-state index contributed by atoms with van der Waals surface area (Å²) in [5.41, 5.74) is 0. The highest BCUT2D eigenvalue weighted by Gasteiger charge is 2.14. The number of nitrogens with one attached hydrogen (secondary N) is 1. The molecule has 0 aliphatic heterocycles. The van der Waals surface area contributed by atoms with Crippen LogP contribution in [0.3, 0.4) is 0 Å². The second kappa shape index (κ2) is 9.13. The number of aliphatic hydroxyl groups is 1. The van der Waals surface area contributed by atoms with Crippen molar-refractivity contribution in [1.29, 1.82) is 0 Å². The van der Waals surface area contributed by atoms with Crippen LogP contribution in [0.5, 0.6) is 5.75 Å². The van der Waals surface area contributed by atoms with E-state index in [1.54, 1.807) is 18.2 Å². The molecule has 1 aromatic carbocycles. The van der Waals surface area contributed by atoms with Gasteiger partial charge in [0.15, 0.2) is 0 Å². The van der Waals surface area contributed by atoms with Crippen LogP contribution in [0, 0.1) is 5.92 Å². The zero-order chi connectivity index (χ0) is 15.8. The number of amides is 1. The maximum Gasteiger partial charge on any atom is 0.222 e. The first-order valence-corrected chi connectivity index (χ1v) is 7.73. The molecule has 1 amide bonds. The average Bonchev–Trinajstić information content (AvgIpc) is 2.46. The van der Waals surface area contributed by atoms with E-state index in [1.165, 1.54) is 0 Å². The van der Waals surface area contributed by atoms with Crippen molar-refractivity contribution in [3.8, 4) is 5.75 Å². The van der Waals surface area contributed by atoms with Crippen LogP contribution in [0.15, 0.2) is 18.2 Å². The zero-order valence-electron chi connectivity index (χ0n) is 12.2. The van der Waals surface area contributed by atoms with Gasteiger partial charge in [-0.3, -0.25) is 4.79 Å². The number of hydrogen-bond acceptors (Lipinski definition) is 3. The summed E-state index contributed by atoms with van der Waals surface area (Å²) in [4.78, 5) is 11.7. The first-order chi connectivity index (χ1) is 9.95. The number of carbonyl (C=O) groups is 1. The van der Waals surface area contributed by atoms with Crippen molar-refractivity contribution in [3.05, 3.63) is 28.2 Å². The van der Waals surface area contributed by atoms with E-state index in [2.05, 4.69) is 5.32 Å². The predicted octanol–water partition coefficient (Wildman–Crippen LogP) is 3.29. The van der Waals surface area contributed by atoms with E-state index in [4.69, 9.17) is 27.9 Å². The fourth-order valence-electron chi connectivity index (χ4n) is 1.80. The molecule has 0 heterocycles. The van der Waals surface area contributed by atoms with Crippen LogP contribution < -0.4 is 10.1 Å². The number of halogens is 2. The van der Waals surface area contributed by atoms with Gasteiger partial charge in [0.1, 0.15) is 23.5 Å². The first kappa shape index (κ1) is 18.1. The second-order valence-corrected chi connectivity index (χ2v) is 5.74. The Balaban J connectivity index is 2.36. The van der Waals surface area contributed by atoms with Crippen molar-refractivity contribution < 1.29 is 14.6 Å². The summed E-state index contributed by atoms with van der Waals surface area (Å²) in [6, 6.07) is 5.04. The largest absolute Gasteiger partial charge is 0.489 e. The monoisotopic (exact) mass is 333 g/mol. The van der Waals surface area contributed by atoms with Gasteiger partial charge >= 0.3 is 0 Å². The maximum atomic E-state index is 11.7. The van der Waals surface area contributed by atoms with E-state index in [0.29, 0.717) is 15.8 Å². The van der Waals surface area contributed by atoms with Crippen LogP contribution in [0.1, 0.15) is 26.7 Å². The minimum Gasteiger partial charge on any atom is -0.489 e. The van der Waals surface area contributed by atoms with E-state index in [0.717, 1.165) is 12.8 Å². The van der Waals surface area contributed by atoms with Crippen molar-refractivity contribution in [2.75, 3.05) is 13.2 Å². The van der Waals surface area contributed by atoms with Gasteiger partial charge < -0.3 is 15.2 Å². The van der Waals surface area contributed by atoms with Crippen LogP contribution in [0.2, 0.25) is 10.0 Å². The molecular formula is C15H21Cl2NO3. The van der Waals surface area contributed by atoms with Gasteiger partial charge in [-0.2, -0.15) is 0 Å². The molecule has 1 aromatic rings. The lowest BCUT2D eigenvalue weighted by atomic mass is 10.1. The third kappa shape index (κ3) is 6.12. The molecule has 0 radical (unpaired) electrons. The van der Waals surface area contributed by atoms with E-state index in [-0.39, 0.29) is 25.0 Å². The molecule has 0 aliphatic carbocycles. The highest BCUT2D eigenvalue weighted by atomic mass is 35.5. The second-order valence-electron chi connectivity index (χ2n) is 4.95. The lowest BCUT2D eigenvalue weighted by Crippen LogP contribution is -2.37. The van der Waals surface area contributed by atoms with Crippen molar-refractivity contribution in [1.82, 2.24) is 5.32 Å². The minimum atomic E-state index is -0.808. The van der Waals surface area contributed by atoms with Crippen LogP contribution in [-0.4, -0.2) is 30.3 Å². The Hall–Kier alpha value is -0.970. The van der Waals surface area contributed by atoms with Crippen LogP contribution in [0.25, 0.3) is 0 Å². The summed E-state index contributed by atoms with van der Waals surface area (Å²) in [6.07, 6.45) is 0.974. The van der Waals surface area contributed by atoms with Gasteiger partial charge in [0, 0.05) is 12.5 Å². The lowest BCUT2D eigenvalue weighted by molar-refractivity contribution is -0.125. The molecule has 0 bridgehead atoms. The van der Waals surface area contributed by atoms with Crippen LogP contribution in [0.4, 0.5) is 0 Å². The molecule has 0 spiro atoms. The summed E-state index contributed by atoms with van der Waals surface area (Å²) < 4.78 is 5.40. The van der Waals surface area contributed by atoms with Gasteiger partial charge in [0.2, 0.25) is 5.91 Å². The molecule has 4 nitrogen and oxygen atoms in total. The van der Waals surface area contributed by atoms with Crippen LogP contribution in [-0.2, 0) is 4.79 Å². The van der Waals surface area contributed by atoms with E-state index >= 15 is 0 Å². The van der Waals surface area contributed by atoms with Crippen molar-refractivity contribution >= 4 is 29.1 Å². The topological polar surface area (TPSA) is 58.6 Å². The fraction of sp³-hybridized carbons (Fsp3) is 0.533. The third-order valence-electron chi connectivity index (χ3n) is 3.03. The Labute approximate surface area is 135 Å². The molecule has 2 unspecified atom stereocenters. The summed E-state index contributed by atoms with van der Waals surface area (Å²) in [5.74, 6) is 0.302. The molecule has 0 aromatic heterocycles. The lowest BCUT2D eigenvalue weighted by Gasteiger charge is -2.16. The Morgan fingerprint density at radius 1 is 1.43 bits per heavy atom. The molecule has 0 fully saturated rings. The molecule has 2 N–H and O–H groups in total. The highest BCUT2D eigenvalue weighted by Crippen LogP contribution is 2.31. The minimum absolute atomic E-state index is 0.0303. The van der Waals surface area contributed by atoms with E-state index < -0.39 is 6.10 Å². The maximum absolute atomic E-state index is 11.7.